The number of fused-ring (bicyclic) bond motifs is 2. The second kappa shape index (κ2) is 6.46. The molecule has 0 radical (unpaired) electrons. The van der Waals surface area contributed by atoms with Gasteiger partial charge in [-0.05, 0) is 49.1 Å². The van der Waals surface area contributed by atoms with Crippen LogP contribution in [0.2, 0.25) is 0 Å². The van der Waals surface area contributed by atoms with Crippen molar-refractivity contribution in [3.8, 4) is 22.8 Å². The predicted molar refractivity (Wildman–Crippen MR) is 102 cm³/mol. The fraction of sp³-hybridized carbons (Fsp3) is 0.238. The van der Waals surface area contributed by atoms with Crippen LogP contribution in [0.15, 0.2) is 55.1 Å². The van der Waals surface area contributed by atoms with Crippen LogP contribution in [0.5, 0.6) is 11.5 Å². The molecule has 1 aliphatic rings. The molecule has 0 aliphatic carbocycles. The maximum absolute atomic E-state index is 5.48. The van der Waals surface area contributed by atoms with Crippen molar-refractivity contribution in [3.63, 3.8) is 0 Å². The summed E-state index contributed by atoms with van der Waals surface area (Å²) < 4.78 is 14.9. The molecule has 0 N–H and O–H groups in total. The van der Waals surface area contributed by atoms with E-state index < -0.39 is 0 Å². The normalized spacial score (nSPS) is 12.8. The van der Waals surface area contributed by atoms with Gasteiger partial charge in [-0.2, -0.15) is 5.10 Å². The number of hydrogen-bond donors (Lipinski definition) is 0. The highest BCUT2D eigenvalue weighted by atomic mass is 16.7. The molecule has 0 atom stereocenters. The molecule has 0 bridgehead atoms. The largest absolute Gasteiger partial charge is 0.454 e. The molecule has 0 spiro atoms. The van der Waals surface area contributed by atoms with E-state index in [9.17, 15) is 0 Å². The summed E-state index contributed by atoms with van der Waals surface area (Å²) in [6.07, 6.45) is 9.78. The Hall–Kier alpha value is -3.28. The number of hydrogen-bond acceptors (Lipinski definition) is 4. The smallest absolute Gasteiger partial charge is 0.231 e. The van der Waals surface area contributed by atoms with Crippen molar-refractivity contribution in [2.75, 3.05) is 6.79 Å². The maximum atomic E-state index is 5.48. The van der Waals surface area contributed by atoms with Crippen molar-refractivity contribution in [1.29, 1.82) is 0 Å². The lowest BCUT2D eigenvalue weighted by molar-refractivity contribution is 0.174. The quantitative estimate of drug-likeness (QED) is 0.544. The van der Waals surface area contributed by atoms with Gasteiger partial charge in [-0.3, -0.25) is 9.08 Å². The maximum Gasteiger partial charge on any atom is 0.231 e. The number of pyridine rings is 1. The van der Waals surface area contributed by atoms with Gasteiger partial charge >= 0.3 is 0 Å². The second-order valence-electron chi connectivity index (χ2n) is 6.64. The van der Waals surface area contributed by atoms with E-state index >= 15 is 0 Å². The zero-order chi connectivity index (χ0) is 18.2. The molecule has 0 amide bonds. The third-order valence-electron chi connectivity index (χ3n) is 4.99. The number of rotatable bonds is 5. The lowest BCUT2D eigenvalue weighted by atomic mass is 10.0. The number of ether oxygens (including phenoxy) is 2. The SMILES string of the molecule is CCn1cc(-c2cnc3c(CCc4ccc5c(c4)OCO5)cccn23)cn1. The molecule has 1 aromatic carbocycles. The van der Waals surface area contributed by atoms with E-state index in [-0.39, 0.29) is 0 Å². The first-order valence-electron chi connectivity index (χ1n) is 9.18. The van der Waals surface area contributed by atoms with Crippen LogP contribution >= 0.6 is 0 Å². The Kier molecular flexibility index (Phi) is 3.81. The monoisotopic (exact) mass is 360 g/mol. The van der Waals surface area contributed by atoms with E-state index in [1.807, 2.05) is 23.1 Å². The Morgan fingerprint density at radius 3 is 2.89 bits per heavy atom. The molecule has 4 heterocycles. The highest BCUT2D eigenvalue weighted by molar-refractivity contribution is 5.64. The van der Waals surface area contributed by atoms with Crippen molar-refractivity contribution in [2.45, 2.75) is 26.3 Å². The van der Waals surface area contributed by atoms with E-state index in [0.717, 1.165) is 47.8 Å². The van der Waals surface area contributed by atoms with Crippen molar-refractivity contribution in [2.24, 2.45) is 0 Å². The molecule has 5 rings (SSSR count). The van der Waals surface area contributed by atoms with E-state index in [4.69, 9.17) is 9.47 Å². The van der Waals surface area contributed by atoms with Crippen molar-refractivity contribution < 1.29 is 9.47 Å². The minimum atomic E-state index is 0.309. The van der Waals surface area contributed by atoms with Crippen LogP contribution in [0.4, 0.5) is 0 Å². The van der Waals surface area contributed by atoms with Crippen molar-refractivity contribution >= 4 is 5.65 Å². The van der Waals surface area contributed by atoms with Gasteiger partial charge in [0.1, 0.15) is 5.65 Å². The highest BCUT2D eigenvalue weighted by Crippen LogP contribution is 2.33. The second-order valence-corrected chi connectivity index (χ2v) is 6.64. The summed E-state index contributed by atoms with van der Waals surface area (Å²) in [7, 11) is 0. The van der Waals surface area contributed by atoms with Crippen LogP contribution in [-0.4, -0.2) is 26.0 Å². The van der Waals surface area contributed by atoms with Crippen LogP contribution in [0, 0.1) is 0 Å². The topological polar surface area (TPSA) is 53.6 Å². The van der Waals surface area contributed by atoms with Gasteiger partial charge in [0.25, 0.3) is 0 Å². The molecule has 3 aromatic heterocycles. The lowest BCUT2D eigenvalue weighted by Gasteiger charge is -2.06. The summed E-state index contributed by atoms with van der Waals surface area (Å²) in [4.78, 5) is 4.68. The summed E-state index contributed by atoms with van der Waals surface area (Å²) in [5, 5.41) is 4.38. The van der Waals surface area contributed by atoms with Crippen LogP contribution in [0.25, 0.3) is 16.9 Å². The van der Waals surface area contributed by atoms with E-state index in [0.29, 0.717) is 6.79 Å². The van der Waals surface area contributed by atoms with Crippen LogP contribution in [-0.2, 0) is 19.4 Å². The van der Waals surface area contributed by atoms with Gasteiger partial charge in [0.05, 0.1) is 18.1 Å². The third kappa shape index (κ3) is 2.83. The first-order chi connectivity index (χ1) is 13.3. The Bertz CT molecular complexity index is 1110. The van der Waals surface area contributed by atoms with E-state index in [2.05, 4.69) is 58.1 Å². The predicted octanol–water partition coefficient (Wildman–Crippen LogP) is 3.73. The first-order valence-corrected chi connectivity index (χ1v) is 9.18. The standard InChI is InChI=1S/C21H20N4O2/c1-2-24-13-17(11-23-24)18-12-22-21-16(4-3-9-25(18)21)7-5-15-6-8-19-20(10-15)27-14-26-19/h3-4,6,8-13H,2,5,7,14H2,1H3. The molecular weight excluding hydrogens is 340 g/mol. The van der Waals surface area contributed by atoms with Gasteiger partial charge < -0.3 is 9.47 Å². The van der Waals surface area contributed by atoms with Crippen molar-refractivity contribution in [1.82, 2.24) is 19.2 Å². The zero-order valence-electron chi connectivity index (χ0n) is 15.1. The summed E-state index contributed by atoms with van der Waals surface area (Å²) in [6, 6.07) is 10.4. The first kappa shape index (κ1) is 15.9. The summed E-state index contributed by atoms with van der Waals surface area (Å²) in [5.74, 6) is 1.66. The molecule has 0 saturated heterocycles. The molecule has 0 saturated carbocycles. The summed E-state index contributed by atoms with van der Waals surface area (Å²) in [5.41, 5.74) is 5.60. The molecule has 27 heavy (non-hydrogen) atoms. The lowest BCUT2D eigenvalue weighted by Crippen LogP contribution is -1.97. The van der Waals surface area contributed by atoms with Gasteiger partial charge in [0.15, 0.2) is 11.5 Å². The van der Waals surface area contributed by atoms with E-state index in [1.165, 1.54) is 11.1 Å². The number of benzene rings is 1. The van der Waals surface area contributed by atoms with Gasteiger partial charge in [-0.15, -0.1) is 0 Å². The molecule has 6 heteroatoms. The molecule has 136 valence electrons. The molecule has 1 aliphatic heterocycles. The number of nitrogens with zero attached hydrogens (tertiary/aromatic N) is 4. The fourth-order valence-electron chi connectivity index (χ4n) is 3.52. The van der Waals surface area contributed by atoms with Gasteiger partial charge in [-0.1, -0.05) is 12.1 Å². The van der Waals surface area contributed by atoms with Gasteiger partial charge in [0, 0.05) is 24.5 Å². The van der Waals surface area contributed by atoms with E-state index in [1.54, 1.807) is 0 Å². The molecule has 6 nitrogen and oxygen atoms in total. The fourth-order valence-corrected chi connectivity index (χ4v) is 3.52. The average molecular weight is 360 g/mol. The minimum Gasteiger partial charge on any atom is -0.454 e. The molecule has 0 unspecified atom stereocenters. The Labute approximate surface area is 157 Å². The van der Waals surface area contributed by atoms with Gasteiger partial charge in [0.2, 0.25) is 6.79 Å². The summed E-state index contributed by atoms with van der Waals surface area (Å²) >= 11 is 0. The van der Waals surface area contributed by atoms with Crippen molar-refractivity contribution in [3.05, 3.63) is 66.2 Å². The highest BCUT2D eigenvalue weighted by Gasteiger charge is 2.14. The Balaban J connectivity index is 1.42. The molecule has 0 fully saturated rings. The number of aryl methyl sites for hydroxylation is 3. The molecule has 4 aromatic rings. The van der Waals surface area contributed by atoms with Crippen LogP contribution in [0.3, 0.4) is 0 Å². The minimum absolute atomic E-state index is 0.309. The van der Waals surface area contributed by atoms with Crippen LogP contribution in [0.1, 0.15) is 18.1 Å². The van der Waals surface area contributed by atoms with Crippen LogP contribution < -0.4 is 9.47 Å². The van der Waals surface area contributed by atoms with Gasteiger partial charge in [-0.25, -0.2) is 4.98 Å². The summed E-state index contributed by atoms with van der Waals surface area (Å²) in [6.45, 7) is 3.25. The zero-order valence-corrected chi connectivity index (χ0v) is 15.1. The Morgan fingerprint density at radius 1 is 1.07 bits per heavy atom. The average Bonchev–Trinajstić information content (AvgIpc) is 3.43. The third-order valence-corrected chi connectivity index (χ3v) is 4.99. The Morgan fingerprint density at radius 2 is 2.00 bits per heavy atom. The number of imidazole rings is 1. The number of aromatic nitrogens is 4. The molecular formula is C21H20N4O2.